The molecule has 0 saturated heterocycles. The summed E-state index contributed by atoms with van der Waals surface area (Å²) in [4.78, 5) is 11.5. The van der Waals surface area contributed by atoms with Gasteiger partial charge in [0.2, 0.25) is 5.91 Å². The zero-order chi connectivity index (χ0) is 11.5. The van der Waals surface area contributed by atoms with Gasteiger partial charge in [0.15, 0.2) is 0 Å². The van der Waals surface area contributed by atoms with Gasteiger partial charge in [0.05, 0.1) is 0 Å². The van der Waals surface area contributed by atoms with Crippen LogP contribution in [0.25, 0.3) is 0 Å². The summed E-state index contributed by atoms with van der Waals surface area (Å²) in [5.74, 6) is 0.0437. The highest BCUT2D eigenvalue weighted by molar-refractivity contribution is 5.92. The molecule has 0 saturated carbocycles. The van der Waals surface area contributed by atoms with E-state index in [1.54, 1.807) is 0 Å². The minimum absolute atomic E-state index is 0.0437. The van der Waals surface area contributed by atoms with Crippen LogP contribution in [0.5, 0.6) is 0 Å². The molecular weight excluding hydrogens is 186 g/mol. The van der Waals surface area contributed by atoms with Crippen molar-refractivity contribution in [2.75, 3.05) is 6.54 Å². The van der Waals surface area contributed by atoms with Crippen molar-refractivity contribution in [3.63, 3.8) is 0 Å². The van der Waals surface area contributed by atoms with E-state index in [0.29, 0.717) is 0 Å². The third kappa shape index (κ3) is 8.22. The van der Waals surface area contributed by atoms with Crippen LogP contribution in [0.4, 0.5) is 0 Å². The Morgan fingerprint density at radius 2 is 1.67 bits per heavy atom. The van der Waals surface area contributed by atoms with E-state index in [0.717, 1.165) is 31.4 Å². The molecule has 0 spiro atoms. The van der Waals surface area contributed by atoms with Crippen LogP contribution in [-0.4, -0.2) is 12.5 Å². The van der Waals surface area contributed by atoms with E-state index in [9.17, 15) is 4.79 Å². The predicted molar refractivity (Wildman–Crippen MR) is 65.8 cm³/mol. The maximum Gasteiger partial charge on any atom is 0.246 e. The lowest BCUT2D eigenvalue weighted by Crippen LogP contribution is -2.25. The molecule has 0 fully saturated rings. The lowest BCUT2D eigenvalue weighted by atomic mass is 10.1. The summed E-state index contributed by atoms with van der Waals surface area (Å²) in [7, 11) is 0. The van der Waals surface area contributed by atoms with Crippen LogP contribution in [0, 0.1) is 0 Å². The van der Waals surface area contributed by atoms with Gasteiger partial charge in [-0.25, -0.2) is 0 Å². The highest BCUT2D eigenvalue weighted by Crippen LogP contribution is 2.06. The first-order valence-corrected chi connectivity index (χ1v) is 6.18. The van der Waals surface area contributed by atoms with Crippen molar-refractivity contribution in [2.24, 2.45) is 0 Å². The van der Waals surface area contributed by atoms with Crippen molar-refractivity contribution in [2.45, 2.75) is 58.8 Å². The number of nitrogens with one attached hydrogen (secondary N) is 1. The van der Waals surface area contributed by atoms with E-state index in [1.165, 1.54) is 25.7 Å². The normalized spacial score (nSPS) is 10.0. The van der Waals surface area contributed by atoms with Crippen molar-refractivity contribution in [1.82, 2.24) is 5.32 Å². The lowest BCUT2D eigenvalue weighted by Gasteiger charge is -2.06. The van der Waals surface area contributed by atoms with E-state index >= 15 is 0 Å². The summed E-state index contributed by atoms with van der Waals surface area (Å²) < 4.78 is 0. The van der Waals surface area contributed by atoms with Crippen LogP contribution in [-0.2, 0) is 4.79 Å². The maximum absolute atomic E-state index is 11.5. The van der Waals surface area contributed by atoms with Crippen LogP contribution in [0.15, 0.2) is 12.2 Å². The van der Waals surface area contributed by atoms with Gasteiger partial charge < -0.3 is 5.32 Å². The number of rotatable bonds is 9. The second-order valence-corrected chi connectivity index (χ2v) is 4.02. The Labute approximate surface area is 94.1 Å². The van der Waals surface area contributed by atoms with Crippen molar-refractivity contribution in [3.05, 3.63) is 12.2 Å². The van der Waals surface area contributed by atoms with Crippen molar-refractivity contribution in [3.8, 4) is 0 Å². The first kappa shape index (κ1) is 14.2. The van der Waals surface area contributed by atoms with Gasteiger partial charge in [-0.3, -0.25) is 4.79 Å². The van der Waals surface area contributed by atoms with Crippen molar-refractivity contribution >= 4 is 5.91 Å². The van der Waals surface area contributed by atoms with Gasteiger partial charge in [0.1, 0.15) is 0 Å². The Bertz CT molecular complexity index is 187. The van der Waals surface area contributed by atoms with Gasteiger partial charge in [-0.15, -0.1) is 0 Å². The number of hydrogen-bond donors (Lipinski definition) is 1. The minimum Gasteiger partial charge on any atom is -0.352 e. The minimum atomic E-state index is 0.0437. The van der Waals surface area contributed by atoms with E-state index in [1.807, 2.05) is 0 Å². The highest BCUT2D eigenvalue weighted by Gasteiger charge is 2.04. The average molecular weight is 211 g/mol. The van der Waals surface area contributed by atoms with Crippen molar-refractivity contribution < 1.29 is 4.79 Å². The molecule has 88 valence electrons. The molecule has 0 radical (unpaired) electrons. The summed E-state index contributed by atoms with van der Waals surface area (Å²) in [5.41, 5.74) is 0.736. The fourth-order valence-electron chi connectivity index (χ4n) is 1.40. The SMILES string of the molecule is C=C(CCCCC)C(=O)NCCCCC. The summed E-state index contributed by atoms with van der Waals surface area (Å²) in [6.07, 6.45) is 7.74. The summed E-state index contributed by atoms with van der Waals surface area (Å²) in [5, 5.41) is 2.91. The zero-order valence-corrected chi connectivity index (χ0v) is 10.3. The molecule has 0 rings (SSSR count). The largest absolute Gasteiger partial charge is 0.352 e. The van der Waals surface area contributed by atoms with Crippen LogP contribution in [0.1, 0.15) is 58.8 Å². The second kappa shape index (κ2) is 9.75. The van der Waals surface area contributed by atoms with Crippen LogP contribution < -0.4 is 5.32 Å². The second-order valence-electron chi connectivity index (χ2n) is 4.02. The molecule has 0 aromatic heterocycles. The average Bonchev–Trinajstić information content (AvgIpc) is 2.24. The molecular formula is C13H25NO. The summed E-state index contributed by atoms with van der Waals surface area (Å²) >= 11 is 0. The Morgan fingerprint density at radius 1 is 1.07 bits per heavy atom. The fraction of sp³-hybridized carbons (Fsp3) is 0.769. The lowest BCUT2D eigenvalue weighted by molar-refractivity contribution is -0.117. The standard InChI is InChI=1S/C13H25NO/c1-4-6-8-10-12(3)13(15)14-11-9-7-5-2/h3-11H2,1-2H3,(H,14,15). The van der Waals surface area contributed by atoms with Gasteiger partial charge >= 0.3 is 0 Å². The monoisotopic (exact) mass is 211 g/mol. The molecule has 0 atom stereocenters. The highest BCUT2D eigenvalue weighted by atomic mass is 16.1. The first-order chi connectivity index (χ1) is 7.22. The Hall–Kier alpha value is -0.790. The number of unbranched alkanes of at least 4 members (excludes halogenated alkanes) is 4. The van der Waals surface area contributed by atoms with E-state index in [2.05, 4.69) is 25.7 Å². The molecule has 1 N–H and O–H groups in total. The topological polar surface area (TPSA) is 29.1 Å². The molecule has 0 unspecified atom stereocenters. The van der Waals surface area contributed by atoms with E-state index in [-0.39, 0.29) is 5.91 Å². The van der Waals surface area contributed by atoms with Crippen LogP contribution in [0.3, 0.4) is 0 Å². The molecule has 0 bridgehead atoms. The Kier molecular flexibility index (Phi) is 9.24. The Morgan fingerprint density at radius 3 is 2.27 bits per heavy atom. The molecule has 15 heavy (non-hydrogen) atoms. The molecule has 0 aliphatic rings. The quantitative estimate of drug-likeness (QED) is 0.459. The smallest absolute Gasteiger partial charge is 0.246 e. The van der Waals surface area contributed by atoms with Gasteiger partial charge in [0, 0.05) is 12.1 Å². The molecule has 2 nitrogen and oxygen atoms in total. The molecule has 0 aliphatic heterocycles. The van der Waals surface area contributed by atoms with Crippen molar-refractivity contribution in [1.29, 1.82) is 0 Å². The first-order valence-electron chi connectivity index (χ1n) is 6.18. The third-order valence-electron chi connectivity index (χ3n) is 2.47. The molecule has 2 heteroatoms. The molecule has 1 amide bonds. The summed E-state index contributed by atoms with van der Waals surface area (Å²) in [6.45, 7) is 8.92. The third-order valence-corrected chi connectivity index (χ3v) is 2.47. The van der Waals surface area contributed by atoms with E-state index in [4.69, 9.17) is 0 Å². The molecule has 0 aromatic carbocycles. The van der Waals surface area contributed by atoms with Crippen LogP contribution in [0.2, 0.25) is 0 Å². The summed E-state index contributed by atoms with van der Waals surface area (Å²) in [6, 6.07) is 0. The van der Waals surface area contributed by atoms with E-state index < -0.39 is 0 Å². The number of carbonyl (C=O) groups excluding carboxylic acids is 1. The molecule has 0 aromatic rings. The van der Waals surface area contributed by atoms with Gasteiger partial charge in [-0.05, 0) is 19.3 Å². The van der Waals surface area contributed by atoms with Gasteiger partial charge in [-0.2, -0.15) is 0 Å². The number of amides is 1. The molecule has 0 aliphatic carbocycles. The fourth-order valence-corrected chi connectivity index (χ4v) is 1.40. The zero-order valence-electron chi connectivity index (χ0n) is 10.3. The number of carbonyl (C=O) groups is 1. The maximum atomic E-state index is 11.5. The molecule has 0 heterocycles. The van der Waals surface area contributed by atoms with Gasteiger partial charge in [-0.1, -0.05) is 46.1 Å². The Balaban J connectivity index is 3.47. The number of hydrogen-bond acceptors (Lipinski definition) is 1. The van der Waals surface area contributed by atoms with Gasteiger partial charge in [0.25, 0.3) is 0 Å². The van der Waals surface area contributed by atoms with Crippen LogP contribution >= 0.6 is 0 Å². The predicted octanol–water partition coefficient (Wildman–Crippen LogP) is 3.43.